The molecule has 11 nitrogen and oxygen atoms in total. The summed E-state index contributed by atoms with van der Waals surface area (Å²) >= 11 is 7.95. The van der Waals surface area contributed by atoms with E-state index in [0.29, 0.717) is 24.2 Å². The molecule has 0 aliphatic carbocycles. The van der Waals surface area contributed by atoms with E-state index in [2.05, 4.69) is 14.9 Å². The normalized spacial score (nSPS) is 20.7. The Bertz CT molecular complexity index is 2280. The number of alkyl halides is 1. The zero-order valence-corrected chi connectivity index (χ0v) is 29.1. The van der Waals surface area contributed by atoms with E-state index in [1.807, 2.05) is 24.0 Å². The average molecular weight is 736 g/mol. The van der Waals surface area contributed by atoms with Gasteiger partial charge in [-0.25, -0.2) is 18.2 Å². The first kappa shape index (κ1) is 33.5. The number of ether oxygens (including phenoxy) is 2. The molecular weight excluding hydrogens is 703 g/mol. The fourth-order valence-electron chi connectivity index (χ4n) is 7.93. The highest BCUT2D eigenvalue weighted by Gasteiger charge is 2.49. The molecule has 0 saturated carbocycles. The molecule has 6 heterocycles. The van der Waals surface area contributed by atoms with Crippen molar-refractivity contribution in [3.8, 4) is 29.0 Å². The van der Waals surface area contributed by atoms with Crippen molar-refractivity contribution in [3.63, 3.8) is 0 Å². The third kappa shape index (κ3) is 5.26. The molecule has 16 heteroatoms. The molecule has 3 aliphatic heterocycles. The van der Waals surface area contributed by atoms with Gasteiger partial charge in [0.15, 0.2) is 11.6 Å². The number of nitrogens with two attached hydrogens (primary N) is 3. The SMILES string of the molecule is C[C@H](c1ccc(CN)nc1N)N1CCOc2c(Cl)c(-c3ccc(F)c4sc(N)c(C#N)c34)c(F)c3nc(OC[C@@]45CCCN4C[C@H](F)C5)nc1c23. The Balaban J connectivity index is 1.35. The Kier molecular flexibility index (Phi) is 8.25. The summed E-state index contributed by atoms with van der Waals surface area (Å²) in [6, 6.07) is 7.63. The molecule has 3 atom stereocenters. The summed E-state index contributed by atoms with van der Waals surface area (Å²) in [6.45, 7) is 3.71. The van der Waals surface area contributed by atoms with Gasteiger partial charge in [-0.15, -0.1) is 11.3 Å². The summed E-state index contributed by atoms with van der Waals surface area (Å²) in [7, 11) is 0. The number of fused-ring (bicyclic) bond motifs is 2. The molecule has 0 unspecified atom stereocenters. The number of hydrogen-bond acceptors (Lipinski definition) is 12. The Morgan fingerprint density at radius 1 is 1.18 bits per heavy atom. The van der Waals surface area contributed by atoms with Crippen molar-refractivity contribution in [1.29, 1.82) is 5.26 Å². The van der Waals surface area contributed by atoms with Crippen molar-refractivity contribution in [3.05, 3.63) is 57.7 Å². The number of nitrogens with zero attached hydrogens (tertiary/aromatic N) is 6. The first-order chi connectivity index (χ1) is 24.5. The highest BCUT2D eigenvalue weighted by Crippen LogP contribution is 2.51. The molecule has 8 rings (SSSR count). The minimum atomic E-state index is -0.976. The minimum Gasteiger partial charge on any atom is -0.489 e. The Hall–Kier alpha value is -4.62. The van der Waals surface area contributed by atoms with Gasteiger partial charge in [-0.05, 0) is 44.0 Å². The van der Waals surface area contributed by atoms with Gasteiger partial charge in [0.1, 0.15) is 53.4 Å². The highest BCUT2D eigenvalue weighted by atomic mass is 35.5. The van der Waals surface area contributed by atoms with E-state index in [4.69, 9.17) is 43.3 Å². The molecule has 0 spiro atoms. The fourth-order valence-corrected chi connectivity index (χ4v) is 9.21. The molecule has 0 bridgehead atoms. The highest BCUT2D eigenvalue weighted by molar-refractivity contribution is 7.23. The van der Waals surface area contributed by atoms with Crippen LogP contribution in [0.15, 0.2) is 24.3 Å². The molecule has 5 aromatic rings. The van der Waals surface area contributed by atoms with Crippen LogP contribution in [-0.2, 0) is 6.54 Å². The number of nitriles is 1. The first-order valence-electron chi connectivity index (χ1n) is 16.6. The maximum absolute atomic E-state index is 17.3. The van der Waals surface area contributed by atoms with Gasteiger partial charge in [-0.3, -0.25) is 4.90 Å². The van der Waals surface area contributed by atoms with Crippen LogP contribution in [0.25, 0.3) is 32.1 Å². The molecule has 2 aromatic carbocycles. The van der Waals surface area contributed by atoms with Crippen LogP contribution in [0, 0.1) is 23.0 Å². The lowest BCUT2D eigenvalue weighted by molar-refractivity contribution is 0.107. The molecule has 2 fully saturated rings. The molecular formula is C35H33ClF3N9O2S. The Labute approximate surface area is 299 Å². The van der Waals surface area contributed by atoms with E-state index in [1.54, 1.807) is 6.07 Å². The summed E-state index contributed by atoms with van der Waals surface area (Å²) in [6.07, 6.45) is 1.00. The number of benzene rings is 2. The largest absolute Gasteiger partial charge is 0.489 e. The number of hydrogen-bond donors (Lipinski definition) is 3. The maximum Gasteiger partial charge on any atom is 0.319 e. The number of rotatable bonds is 7. The summed E-state index contributed by atoms with van der Waals surface area (Å²) in [5, 5.41) is 10.3. The predicted octanol–water partition coefficient (Wildman–Crippen LogP) is 6.25. The third-order valence-electron chi connectivity index (χ3n) is 10.4. The van der Waals surface area contributed by atoms with Crippen molar-refractivity contribution in [2.24, 2.45) is 5.73 Å². The molecule has 3 aliphatic rings. The molecule has 0 radical (unpaired) electrons. The Morgan fingerprint density at radius 2 is 2.00 bits per heavy atom. The second-order valence-electron chi connectivity index (χ2n) is 13.2. The molecule has 2 saturated heterocycles. The van der Waals surface area contributed by atoms with Gasteiger partial charge in [0.05, 0.1) is 44.5 Å². The van der Waals surface area contributed by atoms with Gasteiger partial charge >= 0.3 is 6.01 Å². The number of aromatic nitrogens is 3. The average Bonchev–Trinajstić information content (AvgIpc) is 3.71. The summed E-state index contributed by atoms with van der Waals surface area (Å²) < 4.78 is 59.6. The summed E-state index contributed by atoms with van der Waals surface area (Å²) in [5.41, 5.74) is 18.9. The van der Waals surface area contributed by atoms with Crippen LogP contribution < -0.4 is 31.6 Å². The number of pyridine rings is 1. The van der Waals surface area contributed by atoms with Crippen molar-refractivity contribution in [1.82, 2.24) is 19.9 Å². The van der Waals surface area contributed by atoms with E-state index >= 15 is 8.78 Å². The molecule has 6 N–H and O–H groups in total. The standard InChI is InChI=1S/C35H33ClF3N9O2S/c1-16(19-4-3-18(12-40)44-31(19)42)48-9-10-49-29-25-28(45-34(46-33(25)48)50-15-35-7-2-8-47(35)14-17(37)11-35)27(39)24(26(29)36)20-5-6-22(38)30-23(20)21(13-41)32(43)51-30/h3-6,16-17H,2,7-12,14-15,40,43H2,1H3,(H2,42,44)/t16-,17-,35+/m1/s1. The van der Waals surface area contributed by atoms with E-state index < -0.39 is 29.4 Å². The van der Waals surface area contributed by atoms with Crippen LogP contribution in [-0.4, -0.2) is 64.4 Å². The van der Waals surface area contributed by atoms with E-state index in [9.17, 15) is 9.65 Å². The van der Waals surface area contributed by atoms with Gasteiger partial charge in [0, 0.05) is 36.0 Å². The lowest BCUT2D eigenvalue weighted by Gasteiger charge is -2.32. The van der Waals surface area contributed by atoms with Crippen LogP contribution in [0.1, 0.15) is 49.0 Å². The summed E-state index contributed by atoms with van der Waals surface area (Å²) in [4.78, 5) is 17.9. The second kappa shape index (κ2) is 12.6. The number of nitrogen functional groups attached to an aromatic ring is 2. The quantitative estimate of drug-likeness (QED) is 0.173. The molecule has 264 valence electrons. The number of thiophene rings is 1. The zero-order chi connectivity index (χ0) is 35.8. The fraction of sp³-hybridized carbons (Fsp3) is 0.371. The smallest absolute Gasteiger partial charge is 0.319 e. The lowest BCUT2D eigenvalue weighted by atomic mass is 9.95. The molecule has 0 amide bonds. The third-order valence-corrected chi connectivity index (χ3v) is 11.8. The van der Waals surface area contributed by atoms with E-state index in [1.165, 1.54) is 12.1 Å². The van der Waals surface area contributed by atoms with Gasteiger partial charge < -0.3 is 31.6 Å². The van der Waals surface area contributed by atoms with Crippen molar-refractivity contribution in [2.75, 3.05) is 49.2 Å². The van der Waals surface area contributed by atoms with Crippen molar-refractivity contribution < 1.29 is 22.6 Å². The van der Waals surface area contributed by atoms with Crippen LogP contribution in [0.4, 0.5) is 29.8 Å². The monoisotopic (exact) mass is 735 g/mol. The topological polar surface area (TPSA) is 165 Å². The lowest BCUT2D eigenvalue weighted by Crippen LogP contribution is -2.43. The molecule has 51 heavy (non-hydrogen) atoms. The van der Waals surface area contributed by atoms with Crippen molar-refractivity contribution in [2.45, 2.75) is 50.5 Å². The van der Waals surface area contributed by atoms with Crippen LogP contribution in [0.5, 0.6) is 11.8 Å². The molecule has 3 aromatic heterocycles. The predicted molar refractivity (Wildman–Crippen MR) is 191 cm³/mol. The second-order valence-corrected chi connectivity index (χ2v) is 14.6. The van der Waals surface area contributed by atoms with E-state index in [-0.39, 0.29) is 97.4 Å². The zero-order valence-electron chi connectivity index (χ0n) is 27.5. The van der Waals surface area contributed by atoms with Gasteiger partial charge in [-0.2, -0.15) is 15.2 Å². The first-order valence-corrected chi connectivity index (χ1v) is 17.7. The minimum absolute atomic E-state index is 0.00852. The number of anilines is 3. The van der Waals surface area contributed by atoms with Gasteiger partial charge in [0.25, 0.3) is 0 Å². The van der Waals surface area contributed by atoms with Crippen LogP contribution >= 0.6 is 22.9 Å². The van der Waals surface area contributed by atoms with Crippen LogP contribution in [0.2, 0.25) is 5.02 Å². The number of halogens is 4. The van der Waals surface area contributed by atoms with Crippen LogP contribution in [0.3, 0.4) is 0 Å². The van der Waals surface area contributed by atoms with Gasteiger partial charge in [0.2, 0.25) is 0 Å². The maximum atomic E-state index is 17.3. The van der Waals surface area contributed by atoms with E-state index in [0.717, 1.165) is 30.7 Å². The summed E-state index contributed by atoms with van der Waals surface area (Å²) in [5.74, 6) is -0.796. The Morgan fingerprint density at radius 3 is 2.76 bits per heavy atom. The van der Waals surface area contributed by atoms with Crippen molar-refractivity contribution >= 4 is 60.6 Å². The van der Waals surface area contributed by atoms with Gasteiger partial charge in [-0.1, -0.05) is 23.7 Å².